The van der Waals surface area contributed by atoms with Gasteiger partial charge in [0.1, 0.15) is 0 Å². The molecule has 1 aromatic rings. The molecule has 1 aliphatic heterocycles. The number of hydrogen-bond donors (Lipinski definition) is 1. The fraction of sp³-hybridized carbons (Fsp3) is 0.769. The summed E-state index contributed by atoms with van der Waals surface area (Å²) in [6.07, 6.45) is 6.62. The summed E-state index contributed by atoms with van der Waals surface area (Å²) in [4.78, 5) is 2.40. The van der Waals surface area contributed by atoms with Crippen LogP contribution in [0.5, 0.6) is 0 Å². The molecule has 1 saturated heterocycles. The first-order chi connectivity index (χ1) is 8.78. The Bertz CT molecular complexity index is 366. The van der Waals surface area contributed by atoms with E-state index < -0.39 is 0 Å². The van der Waals surface area contributed by atoms with Crippen molar-refractivity contribution in [3.05, 3.63) is 18.0 Å². The maximum atomic E-state index is 5.94. The molecule has 0 saturated carbocycles. The summed E-state index contributed by atoms with van der Waals surface area (Å²) in [5, 5.41) is 4.39. The van der Waals surface area contributed by atoms with E-state index in [4.69, 9.17) is 10.5 Å². The Balaban J connectivity index is 2.03. The van der Waals surface area contributed by atoms with Crippen molar-refractivity contribution in [2.24, 2.45) is 5.73 Å². The smallest absolute Gasteiger partial charge is 0.0710 e. The van der Waals surface area contributed by atoms with Crippen molar-refractivity contribution in [1.82, 2.24) is 14.7 Å². The molecule has 5 nitrogen and oxygen atoms in total. The Morgan fingerprint density at radius 1 is 1.61 bits per heavy atom. The lowest BCUT2D eigenvalue weighted by molar-refractivity contribution is 0.101. The number of ether oxygens (including phenoxy) is 1. The maximum absolute atomic E-state index is 5.94. The highest BCUT2D eigenvalue weighted by atomic mass is 16.5. The summed E-state index contributed by atoms with van der Waals surface area (Å²) in [6.45, 7) is 5.79. The van der Waals surface area contributed by atoms with E-state index in [0.717, 1.165) is 32.5 Å². The first-order valence-electron chi connectivity index (χ1n) is 6.77. The third-order valence-corrected chi connectivity index (χ3v) is 3.66. The van der Waals surface area contributed by atoms with E-state index in [1.807, 2.05) is 10.9 Å². The Morgan fingerprint density at radius 3 is 3.06 bits per heavy atom. The minimum absolute atomic E-state index is 0.274. The van der Waals surface area contributed by atoms with Crippen LogP contribution in [0, 0.1) is 0 Å². The fourth-order valence-corrected chi connectivity index (χ4v) is 2.63. The number of methoxy groups -OCH3 is 1. The van der Waals surface area contributed by atoms with Crippen LogP contribution in [0.1, 0.15) is 31.4 Å². The number of hydrogen-bond acceptors (Lipinski definition) is 4. The van der Waals surface area contributed by atoms with Gasteiger partial charge in [0.15, 0.2) is 0 Å². The van der Waals surface area contributed by atoms with E-state index >= 15 is 0 Å². The quantitative estimate of drug-likeness (QED) is 0.821. The van der Waals surface area contributed by atoms with Gasteiger partial charge < -0.3 is 10.5 Å². The van der Waals surface area contributed by atoms with Gasteiger partial charge in [-0.3, -0.25) is 9.58 Å². The van der Waals surface area contributed by atoms with Gasteiger partial charge in [-0.1, -0.05) is 6.92 Å². The molecule has 102 valence electrons. The summed E-state index contributed by atoms with van der Waals surface area (Å²) in [5.41, 5.74) is 7.16. The normalized spacial score (nSPS) is 22.5. The number of nitrogens with two attached hydrogens (primary N) is 1. The Kier molecular flexibility index (Phi) is 4.74. The summed E-state index contributed by atoms with van der Waals surface area (Å²) < 4.78 is 7.41. The lowest BCUT2D eigenvalue weighted by Crippen LogP contribution is -2.32. The van der Waals surface area contributed by atoms with Crippen LogP contribution in [-0.4, -0.2) is 47.5 Å². The third-order valence-electron chi connectivity index (χ3n) is 3.66. The zero-order valence-corrected chi connectivity index (χ0v) is 11.4. The van der Waals surface area contributed by atoms with Crippen LogP contribution in [0.2, 0.25) is 0 Å². The molecule has 0 amide bonds. The number of rotatable bonds is 6. The largest absolute Gasteiger partial charge is 0.380 e. The molecule has 2 heterocycles. The summed E-state index contributed by atoms with van der Waals surface area (Å²) in [7, 11) is 1.78. The summed E-state index contributed by atoms with van der Waals surface area (Å²) >= 11 is 0. The SMILES string of the molecule is CCCn1cc(C(CN)N2CCC(OC)C2)cn1. The van der Waals surface area contributed by atoms with Gasteiger partial charge in [-0.15, -0.1) is 0 Å². The van der Waals surface area contributed by atoms with E-state index in [2.05, 4.69) is 23.1 Å². The van der Waals surface area contributed by atoms with Gasteiger partial charge in [0.25, 0.3) is 0 Å². The molecule has 1 aliphatic rings. The van der Waals surface area contributed by atoms with Crippen molar-refractivity contribution in [1.29, 1.82) is 0 Å². The molecule has 0 aromatic carbocycles. The van der Waals surface area contributed by atoms with Gasteiger partial charge in [-0.25, -0.2) is 0 Å². The molecule has 0 radical (unpaired) electrons. The van der Waals surface area contributed by atoms with Crippen LogP contribution >= 0.6 is 0 Å². The molecule has 2 rings (SSSR count). The minimum Gasteiger partial charge on any atom is -0.380 e. The van der Waals surface area contributed by atoms with Gasteiger partial charge in [0, 0.05) is 45.0 Å². The topological polar surface area (TPSA) is 56.3 Å². The van der Waals surface area contributed by atoms with Crippen molar-refractivity contribution in [3.8, 4) is 0 Å². The monoisotopic (exact) mass is 252 g/mol. The average molecular weight is 252 g/mol. The molecule has 1 aromatic heterocycles. The van der Waals surface area contributed by atoms with Crippen LogP contribution in [0.25, 0.3) is 0 Å². The van der Waals surface area contributed by atoms with Crippen molar-refractivity contribution < 1.29 is 4.74 Å². The van der Waals surface area contributed by atoms with Gasteiger partial charge in [0.2, 0.25) is 0 Å². The molecule has 5 heteroatoms. The molecule has 2 N–H and O–H groups in total. The van der Waals surface area contributed by atoms with Gasteiger partial charge in [-0.05, 0) is 12.8 Å². The number of likely N-dealkylation sites (tertiary alicyclic amines) is 1. The van der Waals surface area contributed by atoms with E-state index in [1.165, 1.54) is 5.56 Å². The predicted molar refractivity (Wildman–Crippen MR) is 71.3 cm³/mol. The fourth-order valence-electron chi connectivity index (χ4n) is 2.63. The van der Waals surface area contributed by atoms with Crippen LogP contribution < -0.4 is 5.73 Å². The molecule has 2 unspecified atom stereocenters. The lowest BCUT2D eigenvalue weighted by Gasteiger charge is -2.25. The highest BCUT2D eigenvalue weighted by molar-refractivity contribution is 5.12. The Labute approximate surface area is 109 Å². The highest BCUT2D eigenvalue weighted by Crippen LogP contribution is 2.25. The van der Waals surface area contributed by atoms with Gasteiger partial charge in [-0.2, -0.15) is 5.10 Å². The molecule has 18 heavy (non-hydrogen) atoms. The first-order valence-corrected chi connectivity index (χ1v) is 6.77. The van der Waals surface area contributed by atoms with Gasteiger partial charge >= 0.3 is 0 Å². The van der Waals surface area contributed by atoms with E-state index in [0.29, 0.717) is 12.6 Å². The maximum Gasteiger partial charge on any atom is 0.0710 e. The summed E-state index contributed by atoms with van der Waals surface area (Å²) in [6, 6.07) is 0.274. The Hall–Kier alpha value is -0.910. The van der Waals surface area contributed by atoms with Gasteiger partial charge in [0.05, 0.1) is 18.3 Å². The predicted octanol–water partition coefficient (Wildman–Crippen LogP) is 1.01. The highest BCUT2D eigenvalue weighted by Gasteiger charge is 2.28. The molecule has 0 aliphatic carbocycles. The molecule has 0 bridgehead atoms. The van der Waals surface area contributed by atoms with Crippen LogP contribution in [0.15, 0.2) is 12.4 Å². The van der Waals surface area contributed by atoms with Crippen molar-refractivity contribution in [2.45, 2.75) is 38.5 Å². The number of nitrogens with zero attached hydrogens (tertiary/aromatic N) is 3. The second-order valence-corrected chi connectivity index (χ2v) is 4.93. The minimum atomic E-state index is 0.274. The zero-order chi connectivity index (χ0) is 13.0. The van der Waals surface area contributed by atoms with Crippen molar-refractivity contribution >= 4 is 0 Å². The molecular weight excluding hydrogens is 228 g/mol. The van der Waals surface area contributed by atoms with Crippen LogP contribution in [0.4, 0.5) is 0 Å². The summed E-state index contributed by atoms with van der Waals surface area (Å²) in [5.74, 6) is 0. The second kappa shape index (κ2) is 6.31. The second-order valence-electron chi connectivity index (χ2n) is 4.93. The lowest BCUT2D eigenvalue weighted by atomic mass is 10.1. The zero-order valence-electron chi connectivity index (χ0n) is 11.4. The van der Waals surface area contributed by atoms with Crippen molar-refractivity contribution in [2.75, 3.05) is 26.7 Å². The van der Waals surface area contributed by atoms with E-state index in [9.17, 15) is 0 Å². The molecule has 0 spiro atoms. The molecule has 2 atom stereocenters. The molecular formula is C13H24N4O. The Morgan fingerprint density at radius 2 is 2.44 bits per heavy atom. The van der Waals surface area contributed by atoms with Crippen molar-refractivity contribution in [3.63, 3.8) is 0 Å². The third kappa shape index (κ3) is 2.91. The standard InChI is InChI=1S/C13H24N4O/c1-3-5-17-9-11(8-15-17)13(7-14)16-6-4-12(10-16)18-2/h8-9,12-13H,3-7,10,14H2,1-2H3. The van der Waals surface area contributed by atoms with Crippen LogP contribution in [-0.2, 0) is 11.3 Å². The van der Waals surface area contributed by atoms with E-state index in [1.54, 1.807) is 7.11 Å². The van der Waals surface area contributed by atoms with Crippen LogP contribution in [0.3, 0.4) is 0 Å². The average Bonchev–Trinajstić information content (AvgIpc) is 3.01. The molecule has 1 fully saturated rings. The van der Waals surface area contributed by atoms with E-state index in [-0.39, 0.29) is 6.04 Å². The number of aromatic nitrogens is 2. The number of aryl methyl sites for hydroxylation is 1. The first kappa shape index (κ1) is 13.5.